The van der Waals surface area contributed by atoms with Gasteiger partial charge in [-0.05, 0) is 56.8 Å². The Hall–Kier alpha value is -1.88. The zero-order chi connectivity index (χ0) is 16.0. The highest BCUT2D eigenvalue weighted by Crippen LogP contribution is 2.32. The van der Waals surface area contributed by atoms with Gasteiger partial charge in [-0.2, -0.15) is 0 Å². The second-order valence-electron chi connectivity index (χ2n) is 6.76. The number of fused-ring (bicyclic) bond motifs is 4. The lowest BCUT2D eigenvalue weighted by molar-refractivity contribution is 0.0216. The Morgan fingerprint density at radius 1 is 1.43 bits per heavy atom. The van der Waals surface area contributed by atoms with Crippen LogP contribution in [0.3, 0.4) is 0 Å². The molecule has 1 amide bonds. The third-order valence-electron chi connectivity index (χ3n) is 5.64. The van der Waals surface area contributed by atoms with Crippen LogP contribution in [0.1, 0.15) is 42.7 Å². The molecule has 2 atom stereocenters. The lowest BCUT2D eigenvalue weighted by Gasteiger charge is -2.49. The number of aromatic nitrogens is 1. The highest BCUT2D eigenvalue weighted by molar-refractivity contribution is 6.03. The first-order valence-corrected chi connectivity index (χ1v) is 8.59. The molecule has 0 saturated carbocycles. The maximum atomic E-state index is 12.8. The number of piperidine rings is 3. The zero-order valence-electron chi connectivity index (χ0n) is 13.7. The van der Waals surface area contributed by atoms with E-state index >= 15 is 0 Å². The number of nitrogens with zero attached hydrogens (tertiary/aromatic N) is 2. The third-order valence-corrected chi connectivity index (χ3v) is 5.64. The lowest BCUT2D eigenvalue weighted by Crippen LogP contribution is -2.62. The molecule has 5 heteroatoms. The van der Waals surface area contributed by atoms with E-state index in [9.17, 15) is 4.79 Å². The largest absolute Gasteiger partial charge is 0.462 e. The van der Waals surface area contributed by atoms with E-state index in [0.29, 0.717) is 23.2 Å². The number of hydrogen-bond donors (Lipinski definition) is 1. The monoisotopic (exact) mass is 313 g/mol. The summed E-state index contributed by atoms with van der Waals surface area (Å²) in [4.78, 5) is 19.6. The van der Waals surface area contributed by atoms with E-state index < -0.39 is 0 Å². The SMILES string of the molecule is CCc1coc2c(C(=O)N[C@@H]3C4CCN(CC4)[C@H]3C)nccc12. The Kier molecular flexibility index (Phi) is 3.60. The van der Waals surface area contributed by atoms with Gasteiger partial charge in [0.15, 0.2) is 11.3 Å². The molecule has 0 radical (unpaired) electrons. The Labute approximate surface area is 136 Å². The van der Waals surface area contributed by atoms with Crippen LogP contribution in [0.25, 0.3) is 11.0 Å². The molecule has 5 heterocycles. The fourth-order valence-corrected chi connectivity index (χ4v) is 4.21. The van der Waals surface area contributed by atoms with Gasteiger partial charge in [0, 0.05) is 23.7 Å². The van der Waals surface area contributed by atoms with Crippen molar-refractivity contribution in [3.8, 4) is 0 Å². The maximum absolute atomic E-state index is 12.8. The van der Waals surface area contributed by atoms with Gasteiger partial charge in [0.2, 0.25) is 0 Å². The minimum atomic E-state index is -0.113. The molecule has 0 unspecified atom stereocenters. The fourth-order valence-electron chi connectivity index (χ4n) is 4.21. The summed E-state index contributed by atoms with van der Waals surface area (Å²) in [6.45, 7) is 6.61. The summed E-state index contributed by atoms with van der Waals surface area (Å²) in [5.41, 5.74) is 2.13. The van der Waals surface area contributed by atoms with Crippen molar-refractivity contribution in [3.63, 3.8) is 0 Å². The van der Waals surface area contributed by atoms with Crippen LogP contribution in [0.5, 0.6) is 0 Å². The Bertz CT molecular complexity index is 729. The summed E-state index contributed by atoms with van der Waals surface area (Å²) in [7, 11) is 0. The number of pyridine rings is 1. The molecule has 2 aromatic rings. The highest BCUT2D eigenvalue weighted by Gasteiger charge is 2.40. The molecule has 5 rings (SSSR count). The van der Waals surface area contributed by atoms with E-state index in [1.165, 1.54) is 12.8 Å². The van der Waals surface area contributed by atoms with Gasteiger partial charge in [0.1, 0.15) is 0 Å². The molecule has 2 bridgehead atoms. The molecule has 0 aromatic carbocycles. The van der Waals surface area contributed by atoms with Crippen LogP contribution >= 0.6 is 0 Å². The molecule has 3 saturated heterocycles. The number of rotatable bonds is 3. The van der Waals surface area contributed by atoms with E-state index in [4.69, 9.17) is 4.42 Å². The summed E-state index contributed by atoms with van der Waals surface area (Å²) < 4.78 is 5.64. The lowest BCUT2D eigenvalue weighted by atomic mass is 9.79. The van der Waals surface area contributed by atoms with Gasteiger partial charge < -0.3 is 9.73 Å². The van der Waals surface area contributed by atoms with E-state index in [-0.39, 0.29) is 11.9 Å². The van der Waals surface area contributed by atoms with Crippen LogP contribution in [-0.4, -0.2) is 41.0 Å². The standard InChI is InChI=1S/C18H23N3O2/c1-3-12-10-23-17-14(12)4-7-19-16(17)18(22)20-15-11(2)21-8-5-13(15)6-9-21/h4,7,10-11,13,15H,3,5-6,8-9H2,1-2H3,(H,20,22)/t11-,15-/m0/s1. The van der Waals surface area contributed by atoms with Crippen LogP contribution in [0, 0.1) is 5.92 Å². The number of carbonyl (C=O) groups is 1. The average Bonchev–Trinajstić information content (AvgIpc) is 3.01. The number of carbonyl (C=O) groups excluding carboxylic acids is 1. The van der Waals surface area contributed by atoms with Crippen LogP contribution in [-0.2, 0) is 6.42 Å². The molecule has 122 valence electrons. The number of amides is 1. The Morgan fingerprint density at radius 2 is 2.22 bits per heavy atom. The van der Waals surface area contributed by atoms with Crippen molar-refractivity contribution in [1.82, 2.24) is 15.2 Å². The number of furan rings is 1. The molecule has 2 aromatic heterocycles. The number of nitrogens with one attached hydrogen (secondary N) is 1. The molecule has 3 aliphatic heterocycles. The van der Waals surface area contributed by atoms with Crippen LogP contribution in [0.2, 0.25) is 0 Å². The van der Waals surface area contributed by atoms with Crippen LogP contribution in [0.15, 0.2) is 22.9 Å². The van der Waals surface area contributed by atoms with Crippen LogP contribution < -0.4 is 5.32 Å². The molecule has 0 spiro atoms. The first-order chi connectivity index (χ1) is 11.2. The van der Waals surface area contributed by atoms with Crippen molar-refractivity contribution in [2.75, 3.05) is 13.1 Å². The van der Waals surface area contributed by atoms with Gasteiger partial charge in [-0.25, -0.2) is 4.98 Å². The Morgan fingerprint density at radius 3 is 2.91 bits per heavy atom. The van der Waals surface area contributed by atoms with Crippen molar-refractivity contribution in [2.45, 2.75) is 45.2 Å². The van der Waals surface area contributed by atoms with E-state index in [0.717, 1.165) is 30.5 Å². The number of aryl methyl sites for hydroxylation is 1. The Balaban J connectivity index is 1.61. The molecular formula is C18H23N3O2. The van der Waals surface area contributed by atoms with Gasteiger partial charge in [-0.15, -0.1) is 0 Å². The summed E-state index contributed by atoms with van der Waals surface area (Å²) >= 11 is 0. The molecule has 1 N–H and O–H groups in total. The minimum Gasteiger partial charge on any atom is -0.462 e. The highest BCUT2D eigenvalue weighted by atomic mass is 16.3. The quantitative estimate of drug-likeness (QED) is 0.946. The van der Waals surface area contributed by atoms with Crippen molar-refractivity contribution in [2.24, 2.45) is 5.92 Å². The van der Waals surface area contributed by atoms with E-state index in [1.807, 2.05) is 6.07 Å². The summed E-state index contributed by atoms with van der Waals surface area (Å²) in [5, 5.41) is 4.23. The topological polar surface area (TPSA) is 58.4 Å². The third kappa shape index (κ3) is 2.34. The first-order valence-electron chi connectivity index (χ1n) is 8.59. The van der Waals surface area contributed by atoms with E-state index in [1.54, 1.807) is 12.5 Å². The molecule has 23 heavy (non-hydrogen) atoms. The molecule has 0 aliphatic carbocycles. The predicted octanol–water partition coefficient (Wildman–Crippen LogP) is 2.60. The molecule has 5 nitrogen and oxygen atoms in total. The van der Waals surface area contributed by atoms with Crippen LogP contribution in [0.4, 0.5) is 0 Å². The van der Waals surface area contributed by atoms with Gasteiger partial charge >= 0.3 is 0 Å². The normalized spacial score (nSPS) is 29.8. The van der Waals surface area contributed by atoms with Crippen molar-refractivity contribution in [3.05, 3.63) is 29.8 Å². The second kappa shape index (κ2) is 5.64. The molecular weight excluding hydrogens is 290 g/mol. The first kappa shape index (κ1) is 14.7. The van der Waals surface area contributed by atoms with Crippen molar-refractivity contribution < 1.29 is 9.21 Å². The van der Waals surface area contributed by atoms with Gasteiger partial charge in [0.05, 0.1) is 6.26 Å². The smallest absolute Gasteiger partial charge is 0.274 e. The average molecular weight is 313 g/mol. The van der Waals surface area contributed by atoms with Crippen molar-refractivity contribution in [1.29, 1.82) is 0 Å². The summed E-state index contributed by atoms with van der Waals surface area (Å²) in [6.07, 6.45) is 6.67. The molecule has 3 fully saturated rings. The fraction of sp³-hybridized carbons (Fsp3) is 0.556. The summed E-state index contributed by atoms with van der Waals surface area (Å²) in [6, 6.07) is 2.53. The summed E-state index contributed by atoms with van der Waals surface area (Å²) in [5.74, 6) is 0.471. The minimum absolute atomic E-state index is 0.113. The number of hydrogen-bond acceptors (Lipinski definition) is 4. The molecule has 3 aliphatic rings. The van der Waals surface area contributed by atoms with Crippen molar-refractivity contribution >= 4 is 16.9 Å². The predicted molar refractivity (Wildman–Crippen MR) is 88.4 cm³/mol. The van der Waals surface area contributed by atoms with E-state index in [2.05, 4.69) is 29.0 Å². The van der Waals surface area contributed by atoms with Gasteiger partial charge in [-0.1, -0.05) is 6.92 Å². The van der Waals surface area contributed by atoms with Gasteiger partial charge in [0.25, 0.3) is 5.91 Å². The maximum Gasteiger partial charge on any atom is 0.274 e. The van der Waals surface area contributed by atoms with Gasteiger partial charge in [-0.3, -0.25) is 9.69 Å². The zero-order valence-corrected chi connectivity index (χ0v) is 13.7. The second-order valence-corrected chi connectivity index (χ2v) is 6.76.